The second-order valence-corrected chi connectivity index (χ2v) is 13.2. The van der Waals surface area contributed by atoms with Crippen LogP contribution >= 0.6 is 0 Å². The number of aromatic nitrogens is 1. The lowest BCUT2D eigenvalue weighted by Gasteiger charge is -2.36. The molecular weight excluding hydrogens is 584 g/mol. The van der Waals surface area contributed by atoms with Crippen LogP contribution in [0.5, 0.6) is 11.5 Å². The number of benzene rings is 3. The third-order valence-electron chi connectivity index (χ3n) is 7.39. The van der Waals surface area contributed by atoms with Crippen LogP contribution in [0.2, 0.25) is 0 Å². The molecule has 1 amide bonds. The summed E-state index contributed by atoms with van der Waals surface area (Å²) in [4.78, 5) is 16.5. The van der Waals surface area contributed by atoms with Gasteiger partial charge in [0.1, 0.15) is 27.4 Å². The zero-order valence-electron chi connectivity index (χ0n) is 25.8. The molecule has 3 aromatic carbocycles. The first-order chi connectivity index (χ1) is 20.9. The van der Waals surface area contributed by atoms with Crippen molar-refractivity contribution in [2.45, 2.75) is 44.6 Å². The van der Waals surface area contributed by atoms with Gasteiger partial charge in [-0.3, -0.25) is 4.72 Å². The number of sulfonamides is 1. The molecule has 0 bridgehead atoms. The van der Waals surface area contributed by atoms with E-state index in [1.807, 2.05) is 58.0 Å². The van der Waals surface area contributed by atoms with Crippen LogP contribution < -0.4 is 19.1 Å². The zero-order valence-corrected chi connectivity index (χ0v) is 26.7. The van der Waals surface area contributed by atoms with E-state index in [1.54, 1.807) is 23.1 Å². The molecule has 0 atom stereocenters. The van der Waals surface area contributed by atoms with Crippen LogP contribution in [0.3, 0.4) is 0 Å². The van der Waals surface area contributed by atoms with Crippen molar-refractivity contribution in [1.29, 1.82) is 0 Å². The van der Waals surface area contributed by atoms with Gasteiger partial charge in [-0.15, -0.1) is 0 Å². The fourth-order valence-corrected chi connectivity index (χ4v) is 6.35. The number of aryl methyl sites for hydroxylation is 1. The van der Waals surface area contributed by atoms with E-state index in [-0.39, 0.29) is 22.6 Å². The number of methoxy groups -OCH3 is 2. The second-order valence-electron chi connectivity index (χ2n) is 11.5. The molecule has 2 heterocycles. The Balaban J connectivity index is 1.39. The highest BCUT2D eigenvalue weighted by Crippen LogP contribution is 2.39. The largest absolute Gasteiger partial charge is 0.496 e. The molecule has 5 rings (SSSR count). The standard InChI is InChI=1S/C32H38N4O7S/c1-7-21-11-12-25(40-5)28(17-21)44(38,39)34-30-29-26(41-6)19-23(20-27(29)43-33-30)22-9-8-10-24(18-22)35-13-15-36(16-14-35)31(37)42-32(2,3)4/h8-12,17-20H,7,13-16H2,1-6H3,(H,33,34). The summed E-state index contributed by atoms with van der Waals surface area (Å²) in [6.07, 6.45) is 0.369. The molecular formula is C32H38N4O7S. The fourth-order valence-electron chi connectivity index (χ4n) is 5.12. The molecule has 0 saturated carbocycles. The van der Waals surface area contributed by atoms with Gasteiger partial charge in [0.2, 0.25) is 0 Å². The molecule has 0 radical (unpaired) electrons. The Kier molecular flexibility index (Phi) is 8.64. The molecule has 0 unspecified atom stereocenters. The quantitative estimate of drug-likeness (QED) is 0.255. The molecule has 44 heavy (non-hydrogen) atoms. The van der Waals surface area contributed by atoms with Crippen LogP contribution in [-0.2, 0) is 21.2 Å². The number of fused-ring (bicyclic) bond motifs is 1. The van der Waals surface area contributed by atoms with Gasteiger partial charge in [0.15, 0.2) is 11.4 Å². The van der Waals surface area contributed by atoms with Crippen molar-refractivity contribution in [3.63, 3.8) is 0 Å². The number of hydrogen-bond donors (Lipinski definition) is 1. The molecule has 1 aliphatic rings. The highest BCUT2D eigenvalue weighted by molar-refractivity contribution is 7.92. The number of ether oxygens (including phenoxy) is 3. The van der Waals surface area contributed by atoms with E-state index in [9.17, 15) is 13.2 Å². The van der Waals surface area contributed by atoms with E-state index >= 15 is 0 Å². The summed E-state index contributed by atoms with van der Waals surface area (Å²) in [7, 11) is -1.13. The van der Waals surface area contributed by atoms with Gasteiger partial charge in [0, 0.05) is 31.9 Å². The average Bonchev–Trinajstić information content (AvgIpc) is 3.41. The lowest BCUT2D eigenvalue weighted by Crippen LogP contribution is -2.50. The lowest BCUT2D eigenvalue weighted by molar-refractivity contribution is 0.0240. The SMILES string of the molecule is CCc1ccc(OC)c(S(=O)(=O)Nc2noc3cc(-c4cccc(N5CCN(C(=O)OC(C)(C)C)CC5)c4)cc(OC)c23)c1. The maximum atomic E-state index is 13.4. The number of amides is 1. The second kappa shape index (κ2) is 12.3. The topological polar surface area (TPSA) is 123 Å². The Hall–Kier alpha value is -4.45. The summed E-state index contributed by atoms with van der Waals surface area (Å²) in [5, 5.41) is 4.45. The van der Waals surface area contributed by atoms with Crippen LogP contribution in [0.25, 0.3) is 22.1 Å². The number of nitrogens with one attached hydrogen (secondary N) is 1. The number of rotatable bonds is 8. The van der Waals surface area contributed by atoms with E-state index in [0.717, 1.165) is 22.4 Å². The highest BCUT2D eigenvalue weighted by atomic mass is 32.2. The van der Waals surface area contributed by atoms with Crippen molar-refractivity contribution < 1.29 is 31.9 Å². The normalized spacial score (nSPS) is 14.0. The van der Waals surface area contributed by atoms with Crippen molar-refractivity contribution in [3.05, 3.63) is 60.2 Å². The first-order valence-corrected chi connectivity index (χ1v) is 15.9. The van der Waals surface area contributed by atoms with Crippen LogP contribution in [-0.4, -0.2) is 70.6 Å². The number of piperazine rings is 1. The summed E-state index contributed by atoms with van der Waals surface area (Å²) >= 11 is 0. The molecule has 1 fully saturated rings. The van der Waals surface area contributed by atoms with Gasteiger partial charge in [-0.2, -0.15) is 0 Å². The lowest BCUT2D eigenvalue weighted by atomic mass is 10.0. The van der Waals surface area contributed by atoms with E-state index in [1.165, 1.54) is 14.2 Å². The summed E-state index contributed by atoms with van der Waals surface area (Å²) in [6, 6.07) is 16.7. The van der Waals surface area contributed by atoms with E-state index < -0.39 is 15.6 Å². The highest BCUT2D eigenvalue weighted by Gasteiger charge is 2.27. The molecule has 1 N–H and O–H groups in total. The van der Waals surface area contributed by atoms with Crippen LogP contribution in [0.1, 0.15) is 33.3 Å². The van der Waals surface area contributed by atoms with E-state index in [4.69, 9.17) is 18.7 Å². The predicted octanol–water partition coefficient (Wildman–Crippen LogP) is 5.93. The van der Waals surface area contributed by atoms with Crippen LogP contribution in [0, 0.1) is 0 Å². The summed E-state index contributed by atoms with van der Waals surface area (Å²) in [5.74, 6) is 0.647. The molecule has 1 saturated heterocycles. The van der Waals surface area contributed by atoms with Gasteiger partial charge >= 0.3 is 6.09 Å². The summed E-state index contributed by atoms with van der Waals surface area (Å²) in [6.45, 7) is 9.99. The van der Waals surface area contributed by atoms with Gasteiger partial charge < -0.3 is 28.5 Å². The Morgan fingerprint density at radius 1 is 0.955 bits per heavy atom. The van der Waals surface area contributed by atoms with E-state index in [2.05, 4.69) is 20.8 Å². The maximum Gasteiger partial charge on any atom is 0.410 e. The van der Waals surface area contributed by atoms with E-state index in [0.29, 0.717) is 49.3 Å². The predicted molar refractivity (Wildman–Crippen MR) is 169 cm³/mol. The smallest absolute Gasteiger partial charge is 0.410 e. The third-order valence-corrected chi connectivity index (χ3v) is 8.75. The number of hydrogen-bond acceptors (Lipinski definition) is 9. The number of nitrogens with zero attached hydrogens (tertiary/aromatic N) is 3. The molecule has 11 nitrogen and oxygen atoms in total. The molecule has 0 spiro atoms. The minimum absolute atomic E-state index is 0.00910. The number of anilines is 2. The molecule has 12 heteroatoms. The van der Waals surface area contributed by atoms with Crippen molar-refractivity contribution in [3.8, 4) is 22.6 Å². The molecule has 0 aliphatic carbocycles. The van der Waals surface area contributed by atoms with Crippen molar-refractivity contribution in [2.24, 2.45) is 0 Å². The van der Waals surface area contributed by atoms with Crippen LogP contribution in [0.15, 0.2) is 64.0 Å². The fraction of sp³-hybridized carbons (Fsp3) is 0.375. The first kappa shape index (κ1) is 31.0. The zero-order chi connectivity index (χ0) is 31.6. The average molecular weight is 623 g/mol. The summed E-state index contributed by atoms with van der Waals surface area (Å²) in [5.41, 5.74) is 3.42. The molecule has 1 aromatic heterocycles. The minimum atomic E-state index is -4.06. The minimum Gasteiger partial charge on any atom is -0.496 e. The molecule has 1 aliphatic heterocycles. The molecule has 234 valence electrons. The Labute approximate surface area is 257 Å². The number of carbonyl (C=O) groups is 1. The Morgan fingerprint density at radius 3 is 2.34 bits per heavy atom. The maximum absolute atomic E-state index is 13.4. The van der Waals surface area contributed by atoms with Gasteiger partial charge in [-0.1, -0.05) is 30.3 Å². The van der Waals surface area contributed by atoms with Gasteiger partial charge in [-0.05, 0) is 80.3 Å². The monoisotopic (exact) mass is 622 g/mol. The third kappa shape index (κ3) is 6.54. The van der Waals surface area contributed by atoms with Crippen molar-refractivity contribution >= 4 is 38.6 Å². The summed E-state index contributed by atoms with van der Waals surface area (Å²) < 4.78 is 51.6. The van der Waals surface area contributed by atoms with Crippen LogP contribution in [0.4, 0.5) is 16.3 Å². The van der Waals surface area contributed by atoms with Gasteiger partial charge in [0.05, 0.1) is 14.2 Å². The molecule has 4 aromatic rings. The van der Waals surface area contributed by atoms with Gasteiger partial charge in [-0.25, -0.2) is 13.2 Å². The van der Waals surface area contributed by atoms with Crippen molar-refractivity contribution in [2.75, 3.05) is 50.0 Å². The number of carbonyl (C=O) groups excluding carboxylic acids is 1. The van der Waals surface area contributed by atoms with Crippen molar-refractivity contribution in [1.82, 2.24) is 10.1 Å². The van der Waals surface area contributed by atoms with Gasteiger partial charge in [0.25, 0.3) is 10.0 Å². The Bertz CT molecular complexity index is 1770. The Morgan fingerprint density at radius 2 is 1.68 bits per heavy atom. The first-order valence-electron chi connectivity index (χ1n) is 14.4.